The molecule has 0 radical (unpaired) electrons. The van der Waals surface area contributed by atoms with Crippen LogP contribution in [0.2, 0.25) is 0 Å². The Kier molecular flexibility index (Phi) is 7.57. The van der Waals surface area contributed by atoms with Crippen LogP contribution in [0.4, 0.5) is 0 Å². The Morgan fingerprint density at radius 3 is 2.71 bits per heavy atom. The summed E-state index contributed by atoms with van der Waals surface area (Å²) in [5, 5.41) is 15.7. The van der Waals surface area contributed by atoms with E-state index in [1.807, 2.05) is 35.9 Å². The zero-order chi connectivity index (χ0) is 22.4. The standard InChI is InChI=1S/C23H31N5O3/c1-6-18(14-30-5)24-22(29)17-8-7-9-19(12-17)28-20(11-10-15(2)3)13-21(27-28)23-26-25-16(4)31-23/h7-9,12-13,15,18H,6,10-11,14H2,1-5H3,(H,24,29)/t18-/m1/s1. The Labute approximate surface area is 183 Å². The molecule has 1 aromatic carbocycles. The highest BCUT2D eigenvalue weighted by atomic mass is 16.5. The zero-order valence-corrected chi connectivity index (χ0v) is 18.9. The molecular weight excluding hydrogens is 394 g/mol. The van der Waals surface area contributed by atoms with Crippen molar-refractivity contribution in [2.45, 2.75) is 53.0 Å². The maximum absolute atomic E-state index is 12.8. The van der Waals surface area contributed by atoms with Gasteiger partial charge in [-0.3, -0.25) is 4.79 Å². The molecule has 3 rings (SSSR count). The van der Waals surface area contributed by atoms with Crippen LogP contribution < -0.4 is 5.32 Å². The third kappa shape index (κ3) is 5.79. The van der Waals surface area contributed by atoms with Gasteiger partial charge >= 0.3 is 0 Å². The summed E-state index contributed by atoms with van der Waals surface area (Å²) < 4.78 is 12.6. The highest BCUT2D eigenvalue weighted by Crippen LogP contribution is 2.23. The molecule has 0 unspecified atom stereocenters. The Morgan fingerprint density at radius 1 is 1.26 bits per heavy atom. The van der Waals surface area contributed by atoms with Crippen molar-refractivity contribution in [3.05, 3.63) is 47.5 Å². The van der Waals surface area contributed by atoms with Gasteiger partial charge in [0, 0.05) is 25.3 Å². The van der Waals surface area contributed by atoms with Crippen LogP contribution in [-0.4, -0.2) is 45.6 Å². The van der Waals surface area contributed by atoms with Crippen LogP contribution in [0.5, 0.6) is 0 Å². The molecule has 0 saturated carbocycles. The van der Waals surface area contributed by atoms with Crippen LogP contribution in [0, 0.1) is 12.8 Å². The lowest BCUT2D eigenvalue weighted by molar-refractivity contribution is 0.0894. The summed E-state index contributed by atoms with van der Waals surface area (Å²) in [4.78, 5) is 12.8. The fraction of sp³-hybridized carbons (Fsp3) is 0.478. The normalized spacial score (nSPS) is 12.3. The predicted octanol–water partition coefficient (Wildman–Crippen LogP) is 3.97. The van der Waals surface area contributed by atoms with Crippen molar-refractivity contribution in [1.82, 2.24) is 25.3 Å². The third-order valence-electron chi connectivity index (χ3n) is 5.05. The van der Waals surface area contributed by atoms with Crippen molar-refractivity contribution in [2.24, 2.45) is 5.92 Å². The molecule has 8 heteroatoms. The summed E-state index contributed by atoms with van der Waals surface area (Å²) in [6.07, 6.45) is 2.66. The molecule has 0 aliphatic rings. The largest absolute Gasteiger partial charge is 0.420 e. The van der Waals surface area contributed by atoms with Crippen molar-refractivity contribution < 1.29 is 13.9 Å². The number of nitrogens with zero attached hydrogens (tertiary/aromatic N) is 4. The van der Waals surface area contributed by atoms with Crippen molar-refractivity contribution in [1.29, 1.82) is 0 Å². The Hall–Kier alpha value is -3.00. The molecule has 3 aromatic rings. The van der Waals surface area contributed by atoms with Gasteiger partial charge in [-0.05, 0) is 49.4 Å². The molecule has 166 valence electrons. The first-order chi connectivity index (χ1) is 14.9. The molecule has 1 atom stereocenters. The van der Waals surface area contributed by atoms with Crippen molar-refractivity contribution >= 4 is 5.91 Å². The Morgan fingerprint density at radius 2 is 2.06 bits per heavy atom. The number of ether oxygens (including phenoxy) is 1. The molecule has 0 fully saturated rings. The van der Waals surface area contributed by atoms with E-state index in [0.717, 1.165) is 30.6 Å². The lowest BCUT2D eigenvalue weighted by atomic mass is 10.1. The third-order valence-corrected chi connectivity index (χ3v) is 5.05. The minimum Gasteiger partial charge on any atom is -0.420 e. The number of rotatable bonds is 10. The van der Waals surface area contributed by atoms with E-state index in [4.69, 9.17) is 14.3 Å². The molecule has 8 nitrogen and oxygen atoms in total. The van der Waals surface area contributed by atoms with Crippen LogP contribution in [0.25, 0.3) is 17.3 Å². The molecule has 0 saturated heterocycles. The van der Waals surface area contributed by atoms with Gasteiger partial charge in [0.15, 0.2) is 0 Å². The second kappa shape index (κ2) is 10.3. The van der Waals surface area contributed by atoms with Gasteiger partial charge < -0.3 is 14.5 Å². The molecular formula is C23H31N5O3. The van der Waals surface area contributed by atoms with E-state index in [9.17, 15) is 4.79 Å². The second-order valence-corrected chi connectivity index (χ2v) is 8.08. The van der Waals surface area contributed by atoms with Gasteiger partial charge in [0.05, 0.1) is 18.3 Å². The van der Waals surface area contributed by atoms with E-state index in [1.54, 1.807) is 20.1 Å². The van der Waals surface area contributed by atoms with Crippen LogP contribution in [0.1, 0.15) is 55.6 Å². The first-order valence-electron chi connectivity index (χ1n) is 10.7. The first kappa shape index (κ1) is 22.7. The van der Waals surface area contributed by atoms with Gasteiger partial charge in [-0.25, -0.2) is 4.68 Å². The number of methoxy groups -OCH3 is 1. The summed E-state index contributed by atoms with van der Waals surface area (Å²) in [6, 6.07) is 9.42. The molecule has 2 heterocycles. The number of amides is 1. The number of hydrogen-bond donors (Lipinski definition) is 1. The number of hydrogen-bond acceptors (Lipinski definition) is 6. The lowest BCUT2D eigenvalue weighted by Crippen LogP contribution is -2.37. The summed E-state index contributed by atoms with van der Waals surface area (Å²) in [6.45, 7) is 8.64. The second-order valence-electron chi connectivity index (χ2n) is 8.08. The highest BCUT2D eigenvalue weighted by Gasteiger charge is 2.18. The smallest absolute Gasteiger partial charge is 0.268 e. The van der Waals surface area contributed by atoms with Crippen LogP contribution >= 0.6 is 0 Å². The van der Waals surface area contributed by atoms with E-state index in [0.29, 0.717) is 35.6 Å². The summed E-state index contributed by atoms with van der Waals surface area (Å²) in [7, 11) is 1.63. The van der Waals surface area contributed by atoms with E-state index in [1.165, 1.54) is 0 Å². The topological polar surface area (TPSA) is 95.1 Å². The summed E-state index contributed by atoms with van der Waals surface area (Å²) >= 11 is 0. The monoisotopic (exact) mass is 425 g/mol. The van der Waals surface area contributed by atoms with Gasteiger partial charge in [0.25, 0.3) is 11.8 Å². The fourth-order valence-corrected chi connectivity index (χ4v) is 3.27. The zero-order valence-electron chi connectivity index (χ0n) is 18.9. The molecule has 0 spiro atoms. The van der Waals surface area contributed by atoms with Gasteiger partial charge in [-0.1, -0.05) is 26.8 Å². The van der Waals surface area contributed by atoms with Crippen LogP contribution in [0.3, 0.4) is 0 Å². The number of carbonyl (C=O) groups excluding carboxylic acids is 1. The van der Waals surface area contributed by atoms with Crippen LogP contribution in [-0.2, 0) is 11.2 Å². The quantitative estimate of drug-likeness (QED) is 0.528. The number of nitrogens with one attached hydrogen (secondary N) is 1. The average Bonchev–Trinajstić information content (AvgIpc) is 3.38. The number of benzene rings is 1. The maximum Gasteiger partial charge on any atom is 0.268 e. The first-order valence-corrected chi connectivity index (χ1v) is 10.7. The van der Waals surface area contributed by atoms with Crippen molar-refractivity contribution in [2.75, 3.05) is 13.7 Å². The lowest BCUT2D eigenvalue weighted by Gasteiger charge is -2.16. The molecule has 0 aliphatic carbocycles. The van der Waals surface area contributed by atoms with Gasteiger partial charge in [-0.15, -0.1) is 10.2 Å². The summed E-state index contributed by atoms with van der Waals surface area (Å²) in [5.74, 6) is 1.31. The molecule has 1 N–H and O–H groups in total. The van der Waals surface area contributed by atoms with E-state index < -0.39 is 0 Å². The van der Waals surface area contributed by atoms with E-state index >= 15 is 0 Å². The Balaban J connectivity index is 1.92. The fourth-order valence-electron chi connectivity index (χ4n) is 3.27. The highest BCUT2D eigenvalue weighted by molar-refractivity contribution is 5.94. The van der Waals surface area contributed by atoms with Gasteiger partial charge in [0.1, 0.15) is 5.69 Å². The molecule has 0 aliphatic heterocycles. The number of aryl methyl sites for hydroxylation is 2. The van der Waals surface area contributed by atoms with Gasteiger partial charge in [-0.2, -0.15) is 5.10 Å². The van der Waals surface area contributed by atoms with Crippen molar-refractivity contribution in [3.63, 3.8) is 0 Å². The van der Waals surface area contributed by atoms with Crippen molar-refractivity contribution in [3.8, 4) is 17.3 Å². The molecule has 1 amide bonds. The van der Waals surface area contributed by atoms with E-state index in [2.05, 4.69) is 29.4 Å². The Bertz CT molecular complexity index is 1010. The summed E-state index contributed by atoms with van der Waals surface area (Å²) in [5.41, 5.74) is 3.05. The van der Waals surface area contributed by atoms with Gasteiger partial charge in [0.2, 0.25) is 5.89 Å². The SMILES string of the molecule is CC[C@H](COC)NC(=O)c1cccc(-n2nc(-c3nnc(C)o3)cc2CCC(C)C)c1. The number of carbonyl (C=O) groups is 1. The minimum absolute atomic E-state index is 0.0279. The van der Waals surface area contributed by atoms with Crippen LogP contribution in [0.15, 0.2) is 34.7 Å². The maximum atomic E-state index is 12.8. The van der Waals surface area contributed by atoms with E-state index in [-0.39, 0.29) is 11.9 Å². The number of aromatic nitrogens is 4. The minimum atomic E-state index is -0.130. The molecule has 31 heavy (non-hydrogen) atoms. The predicted molar refractivity (Wildman–Crippen MR) is 118 cm³/mol. The molecule has 2 aromatic heterocycles. The average molecular weight is 426 g/mol. The molecule has 0 bridgehead atoms.